The molecule has 5 heteroatoms. The van der Waals surface area contributed by atoms with Gasteiger partial charge in [0, 0.05) is 23.5 Å². The van der Waals surface area contributed by atoms with E-state index in [0.29, 0.717) is 0 Å². The molecule has 2 aromatic heterocycles. The number of aromatic nitrogens is 3. The zero-order chi connectivity index (χ0) is 16.4. The first-order valence-electron chi connectivity index (χ1n) is 7.61. The number of fused-ring (bicyclic) bond motifs is 1. The van der Waals surface area contributed by atoms with Gasteiger partial charge in [-0.2, -0.15) is 0 Å². The molecule has 1 amide bonds. The van der Waals surface area contributed by atoms with E-state index in [9.17, 15) is 4.79 Å². The summed E-state index contributed by atoms with van der Waals surface area (Å²) < 4.78 is 1.99. The quantitative estimate of drug-likeness (QED) is 0.807. The molecule has 0 bridgehead atoms. The summed E-state index contributed by atoms with van der Waals surface area (Å²) in [5.41, 5.74) is 2.49. The lowest BCUT2D eigenvalue weighted by Gasteiger charge is -2.20. The Morgan fingerprint density at radius 1 is 1.13 bits per heavy atom. The Hall–Kier alpha value is -2.69. The number of para-hydroxylation sites is 2. The molecular weight excluding hydrogens is 288 g/mol. The average Bonchev–Trinajstić information content (AvgIpc) is 2.87. The van der Waals surface area contributed by atoms with Gasteiger partial charge in [-0.25, -0.2) is 4.98 Å². The normalized spacial score (nSPS) is 11.6. The molecule has 1 N–H and O–H groups in total. The largest absolute Gasteiger partial charge is 0.324 e. The molecular formula is C18H20N4O. The van der Waals surface area contributed by atoms with Crippen LogP contribution in [-0.4, -0.2) is 20.4 Å². The van der Waals surface area contributed by atoms with Crippen LogP contribution in [0.3, 0.4) is 0 Å². The third kappa shape index (κ3) is 3.23. The molecule has 0 fully saturated rings. The Labute approximate surface area is 135 Å². The molecule has 0 saturated carbocycles. The molecule has 5 nitrogen and oxygen atoms in total. The molecule has 0 aliphatic rings. The van der Waals surface area contributed by atoms with Crippen molar-refractivity contribution in [1.82, 2.24) is 14.5 Å². The maximum absolute atomic E-state index is 12.4. The van der Waals surface area contributed by atoms with Crippen molar-refractivity contribution in [2.24, 2.45) is 0 Å². The fourth-order valence-corrected chi connectivity index (χ4v) is 2.59. The Balaban J connectivity index is 1.94. The summed E-state index contributed by atoms with van der Waals surface area (Å²) in [6.45, 7) is 6.54. The van der Waals surface area contributed by atoms with Crippen LogP contribution in [0.25, 0.3) is 11.0 Å². The van der Waals surface area contributed by atoms with E-state index in [1.807, 2.05) is 28.8 Å². The Kier molecular flexibility index (Phi) is 3.86. The van der Waals surface area contributed by atoms with Gasteiger partial charge in [-0.05, 0) is 24.3 Å². The molecule has 2 heterocycles. The number of rotatable bonds is 3. The number of nitrogens with zero attached hydrogens (tertiary/aromatic N) is 3. The van der Waals surface area contributed by atoms with E-state index in [1.165, 1.54) is 0 Å². The first-order chi connectivity index (χ1) is 10.9. The van der Waals surface area contributed by atoms with Crippen molar-refractivity contribution in [2.45, 2.75) is 32.7 Å². The van der Waals surface area contributed by atoms with E-state index >= 15 is 0 Å². The van der Waals surface area contributed by atoms with Gasteiger partial charge in [-0.3, -0.25) is 9.78 Å². The van der Waals surface area contributed by atoms with E-state index in [1.54, 1.807) is 24.5 Å². The summed E-state index contributed by atoms with van der Waals surface area (Å²) in [6.07, 6.45) is 3.31. The average molecular weight is 308 g/mol. The molecule has 23 heavy (non-hydrogen) atoms. The van der Waals surface area contributed by atoms with Crippen LogP contribution < -0.4 is 5.32 Å². The summed E-state index contributed by atoms with van der Waals surface area (Å²) in [5, 5.41) is 2.90. The third-order valence-electron chi connectivity index (χ3n) is 3.59. The van der Waals surface area contributed by atoms with Crippen molar-refractivity contribution in [2.75, 3.05) is 5.32 Å². The molecule has 0 atom stereocenters. The number of hydrogen-bond acceptors (Lipinski definition) is 3. The van der Waals surface area contributed by atoms with E-state index in [-0.39, 0.29) is 17.9 Å². The lowest BCUT2D eigenvalue weighted by molar-refractivity contribution is -0.116. The second-order valence-corrected chi connectivity index (χ2v) is 6.54. The number of anilines is 1. The van der Waals surface area contributed by atoms with Crippen LogP contribution in [0.15, 0.2) is 48.8 Å². The summed E-state index contributed by atoms with van der Waals surface area (Å²) >= 11 is 0. The molecule has 0 unspecified atom stereocenters. The number of carbonyl (C=O) groups excluding carboxylic acids is 1. The second-order valence-electron chi connectivity index (χ2n) is 6.54. The molecule has 3 aromatic rings. The number of amides is 1. The van der Waals surface area contributed by atoms with Crippen LogP contribution >= 0.6 is 0 Å². The fourth-order valence-electron chi connectivity index (χ4n) is 2.59. The van der Waals surface area contributed by atoms with Crippen LogP contribution in [-0.2, 0) is 16.8 Å². The van der Waals surface area contributed by atoms with Crippen LogP contribution in [0.5, 0.6) is 0 Å². The topological polar surface area (TPSA) is 59.8 Å². The van der Waals surface area contributed by atoms with Gasteiger partial charge in [0.05, 0.1) is 11.0 Å². The predicted molar refractivity (Wildman–Crippen MR) is 91.3 cm³/mol. The van der Waals surface area contributed by atoms with Gasteiger partial charge < -0.3 is 9.88 Å². The zero-order valence-electron chi connectivity index (χ0n) is 13.6. The van der Waals surface area contributed by atoms with Gasteiger partial charge in [0.1, 0.15) is 12.4 Å². The molecule has 0 aliphatic carbocycles. The standard InChI is InChI=1S/C18H20N4O/c1-18(2,3)17-21-14-6-4-5-7-15(14)22(17)12-16(23)20-13-8-10-19-11-9-13/h4-11H,12H2,1-3H3,(H,19,20,23). The van der Waals surface area contributed by atoms with Gasteiger partial charge in [0.25, 0.3) is 0 Å². The minimum Gasteiger partial charge on any atom is -0.324 e. The van der Waals surface area contributed by atoms with Crippen molar-refractivity contribution < 1.29 is 4.79 Å². The summed E-state index contributed by atoms with van der Waals surface area (Å²) in [4.78, 5) is 21.1. The minimum absolute atomic E-state index is 0.0788. The van der Waals surface area contributed by atoms with Gasteiger partial charge >= 0.3 is 0 Å². The highest BCUT2D eigenvalue weighted by molar-refractivity contribution is 5.91. The fraction of sp³-hybridized carbons (Fsp3) is 0.278. The number of hydrogen-bond donors (Lipinski definition) is 1. The zero-order valence-corrected chi connectivity index (χ0v) is 13.6. The first kappa shape index (κ1) is 15.2. The summed E-state index contributed by atoms with van der Waals surface area (Å²) in [5.74, 6) is 0.827. The van der Waals surface area contributed by atoms with Crippen molar-refractivity contribution >= 4 is 22.6 Å². The highest BCUT2D eigenvalue weighted by atomic mass is 16.1. The van der Waals surface area contributed by atoms with Crippen molar-refractivity contribution in [3.8, 4) is 0 Å². The smallest absolute Gasteiger partial charge is 0.244 e. The molecule has 1 aromatic carbocycles. The highest BCUT2D eigenvalue weighted by Gasteiger charge is 2.23. The van der Waals surface area contributed by atoms with Crippen LogP contribution in [0.2, 0.25) is 0 Å². The molecule has 0 aliphatic heterocycles. The van der Waals surface area contributed by atoms with E-state index < -0.39 is 0 Å². The number of pyridine rings is 1. The second kappa shape index (κ2) is 5.83. The Morgan fingerprint density at radius 2 is 1.83 bits per heavy atom. The van der Waals surface area contributed by atoms with Crippen molar-refractivity contribution in [3.05, 3.63) is 54.6 Å². The van der Waals surface area contributed by atoms with E-state index in [0.717, 1.165) is 22.5 Å². The number of carbonyl (C=O) groups is 1. The van der Waals surface area contributed by atoms with E-state index in [4.69, 9.17) is 4.98 Å². The molecule has 0 radical (unpaired) electrons. The van der Waals surface area contributed by atoms with E-state index in [2.05, 4.69) is 31.1 Å². The maximum atomic E-state index is 12.4. The van der Waals surface area contributed by atoms with Crippen LogP contribution in [0, 0.1) is 0 Å². The highest BCUT2D eigenvalue weighted by Crippen LogP contribution is 2.26. The number of nitrogens with one attached hydrogen (secondary N) is 1. The molecule has 0 spiro atoms. The van der Waals surface area contributed by atoms with Crippen LogP contribution in [0.4, 0.5) is 5.69 Å². The number of benzene rings is 1. The number of imidazole rings is 1. The Morgan fingerprint density at radius 3 is 2.52 bits per heavy atom. The molecule has 0 saturated heterocycles. The minimum atomic E-state index is -0.143. The molecule has 118 valence electrons. The summed E-state index contributed by atoms with van der Waals surface area (Å²) in [7, 11) is 0. The molecule has 3 rings (SSSR count). The lowest BCUT2D eigenvalue weighted by atomic mass is 9.95. The summed E-state index contributed by atoms with van der Waals surface area (Å²) in [6, 6.07) is 11.4. The van der Waals surface area contributed by atoms with Gasteiger partial charge in [0.15, 0.2) is 0 Å². The van der Waals surface area contributed by atoms with Crippen molar-refractivity contribution in [3.63, 3.8) is 0 Å². The predicted octanol–water partition coefficient (Wildman–Crippen LogP) is 3.37. The monoisotopic (exact) mass is 308 g/mol. The Bertz CT molecular complexity index is 831. The van der Waals surface area contributed by atoms with Crippen molar-refractivity contribution in [1.29, 1.82) is 0 Å². The van der Waals surface area contributed by atoms with Gasteiger partial charge in [-0.1, -0.05) is 32.9 Å². The lowest BCUT2D eigenvalue weighted by Crippen LogP contribution is -2.25. The van der Waals surface area contributed by atoms with Gasteiger partial charge in [0.2, 0.25) is 5.91 Å². The third-order valence-corrected chi connectivity index (χ3v) is 3.59. The maximum Gasteiger partial charge on any atom is 0.244 e. The first-order valence-corrected chi connectivity index (χ1v) is 7.61. The van der Waals surface area contributed by atoms with Gasteiger partial charge in [-0.15, -0.1) is 0 Å². The SMILES string of the molecule is CC(C)(C)c1nc2ccccc2n1CC(=O)Nc1ccncc1. The van der Waals surface area contributed by atoms with Crippen LogP contribution in [0.1, 0.15) is 26.6 Å².